The summed E-state index contributed by atoms with van der Waals surface area (Å²) in [5, 5.41) is 11.9. The Hall–Kier alpha value is -2.42. The zero-order valence-corrected chi connectivity index (χ0v) is 15.9. The predicted molar refractivity (Wildman–Crippen MR) is 101 cm³/mol. The Balaban J connectivity index is 1.49. The van der Waals surface area contributed by atoms with Crippen LogP contribution < -0.4 is 14.8 Å². The van der Waals surface area contributed by atoms with E-state index >= 15 is 0 Å². The average Bonchev–Trinajstić information content (AvgIpc) is 3.10. The fraction of sp³-hybridized carbons (Fsp3) is 0.118. The zero-order valence-electron chi connectivity index (χ0n) is 13.6. The largest absolute Gasteiger partial charge is 0.485 e. The third-order valence-corrected chi connectivity index (χ3v) is 4.78. The Labute approximate surface area is 167 Å². The number of rotatable bonds is 7. The second-order valence-electron chi connectivity index (χ2n) is 5.13. The van der Waals surface area contributed by atoms with Gasteiger partial charge in [-0.2, -0.15) is 0 Å². The summed E-state index contributed by atoms with van der Waals surface area (Å²) in [5.41, 5.74) is 0. The van der Waals surface area contributed by atoms with E-state index in [2.05, 4.69) is 15.5 Å². The fourth-order valence-corrected chi connectivity index (χ4v) is 2.95. The molecule has 0 saturated carbocycles. The molecule has 0 atom stereocenters. The molecular formula is C17H12Cl2FN3O3S. The van der Waals surface area contributed by atoms with Crippen molar-refractivity contribution in [3.63, 3.8) is 0 Å². The molecule has 10 heteroatoms. The van der Waals surface area contributed by atoms with Gasteiger partial charge in [0.15, 0.2) is 11.6 Å². The normalized spacial score (nSPS) is 10.5. The summed E-state index contributed by atoms with van der Waals surface area (Å²) in [4.78, 5) is 11.9. The maximum atomic E-state index is 12.8. The van der Waals surface area contributed by atoms with Gasteiger partial charge in [0.1, 0.15) is 28.9 Å². The summed E-state index contributed by atoms with van der Waals surface area (Å²) >= 11 is 13.1. The van der Waals surface area contributed by atoms with Crippen LogP contribution in [0.5, 0.6) is 11.5 Å². The molecule has 140 valence electrons. The van der Waals surface area contributed by atoms with Crippen LogP contribution in [0.15, 0.2) is 42.5 Å². The van der Waals surface area contributed by atoms with Gasteiger partial charge in [0, 0.05) is 0 Å². The van der Waals surface area contributed by atoms with E-state index in [0.717, 1.165) is 11.3 Å². The first-order valence-electron chi connectivity index (χ1n) is 7.58. The minimum atomic E-state index is -0.416. The van der Waals surface area contributed by atoms with Gasteiger partial charge < -0.3 is 9.47 Å². The van der Waals surface area contributed by atoms with Crippen molar-refractivity contribution in [1.29, 1.82) is 0 Å². The minimum Gasteiger partial charge on any atom is -0.485 e. The van der Waals surface area contributed by atoms with Crippen LogP contribution in [0.25, 0.3) is 0 Å². The molecule has 0 unspecified atom stereocenters. The van der Waals surface area contributed by atoms with E-state index in [1.807, 2.05) is 0 Å². The first-order chi connectivity index (χ1) is 13.0. The number of carbonyl (C=O) groups is 1. The molecular weight excluding hydrogens is 416 g/mol. The molecule has 1 amide bonds. The lowest BCUT2D eigenvalue weighted by atomic mass is 10.3. The average molecular weight is 428 g/mol. The van der Waals surface area contributed by atoms with Gasteiger partial charge in [0.25, 0.3) is 5.91 Å². The molecule has 0 saturated heterocycles. The third-order valence-electron chi connectivity index (χ3n) is 3.16. The fourth-order valence-electron chi connectivity index (χ4n) is 1.93. The molecule has 0 fully saturated rings. The molecule has 0 aliphatic heterocycles. The highest BCUT2D eigenvalue weighted by Gasteiger charge is 2.11. The van der Waals surface area contributed by atoms with Crippen LogP contribution in [-0.2, 0) is 11.4 Å². The van der Waals surface area contributed by atoms with Gasteiger partial charge in [-0.15, -0.1) is 10.2 Å². The van der Waals surface area contributed by atoms with Crippen molar-refractivity contribution in [2.45, 2.75) is 6.61 Å². The SMILES string of the molecule is O=C(COc1ccc(F)cc1)Nc1nnc(COc2cccc(Cl)c2Cl)s1. The number of benzene rings is 2. The number of hydrogen-bond acceptors (Lipinski definition) is 6. The topological polar surface area (TPSA) is 73.3 Å². The van der Waals surface area contributed by atoms with E-state index in [4.69, 9.17) is 32.7 Å². The number of nitrogens with one attached hydrogen (secondary N) is 1. The lowest BCUT2D eigenvalue weighted by Gasteiger charge is -2.06. The Bertz CT molecular complexity index is 937. The Morgan fingerprint density at radius 1 is 1.11 bits per heavy atom. The molecule has 3 aromatic rings. The highest BCUT2D eigenvalue weighted by molar-refractivity contribution is 7.15. The van der Waals surface area contributed by atoms with Crippen molar-refractivity contribution >= 4 is 45.6 Å². The maximum Gasteiger partial charge on any atom is 0.264 e. The van der Waals surface area contributed by atoms with Crippen molar-refractivity contribution in [3.05, 3.63) is 63.3 Å². The molecule has 0 aliphatic rings. The second-order valence-corrected chi connectivity index (χ2v) is 6.98. The molecule has 1 N–H and O–H groups in total. The van der Waals surface area contributed by atoms with Gasteiger partial charge in [-0.25, -0.2) is 4.39 Å². The summed E-state index contributed by atoms with van der Waals surface area (Å²) in [6.07, 6.45) is 0. The van der Waals surface area contributed by atoms with Crippen LogP contribution in [-0.4, -0.2) is 22.7 Å². The van der Waals surface area contributed by atoms with Crippen LogP contribution in [0.2, 0.25) is 10.0 Å². The monoisotopic (exact) mass is 427 g/mol. The second kappa shape index (κ2) is 8.98. The summed E-state index contributed by atoms with van der Waals surface area (Å²) in [5.74, 6) is 0.0178. The van der Waals surface area contributed by atoms with Gasteiger partial charge >= 0.3 is 0 Å². The molecule has 0 aliphatic carbocycles. The standard InChI is InChI=1S/C17H12Cl2FN3O3S/c18-12-2-1-3-13(16(12)19)26-9-15-22-23-17(27-15)21-14(24)8-25-11-6-4-10(20)5-7-11/h1-7H,8-9H2,(H,21,23,24). The van der Waals surface area contributed by atoms with Crippen LogP contribution in [0.3, 0.4) is 0 Å². The van der Waals surface area contributed by atoms with E-state index in [1.54, 1.807) is 18.2 Å². The highest BCUT2D eigenvalue weighted by Crippen LogP contribution is 2.32. The van der Waals surface area contributed by atoms with Crippen LogP contribution in [0.1, 0.15) is 5.01 Å². The molecule has 3 rings (SSSR count). The number of ether oxygens (including phenoxy) is 2. The van der Waals surface area contributed by atoms with Crippen LogP contribution in [0.4, 0.5) is 9.52 Å². The van der Waals surface area contributed by atoms with Crippen LogP contribution in [0, 0.1) is 5.82 Å². The van der Waals surface area contributed by atoms with Crippen molar-refractivity contribution in [2.24, 2.45) is 0 Å². The number of halogens is 3. The number of amides is 1. The van der Waals surface area contributed by atoms with Crippen molar-refractivity contribution in [3.8, 4) is 11.5 Å². The van der Waals surface area contributed by atoms with E-state index in [-0.39, 0.29) is 19.0 Å². The minimum absolute atomic E-state index is 0.125. The smallest absolute Gasteiger partial charge is 0.264 e. The molecule has 2 aromatic carbocycles. The van der Waals surface area contributed by atoms with E-state index in [1.165, 1.54) is 24.3 Å². The Morgan fingerprint density at radius 2 is 1.89 bits per heavy atom. The quantitative estimate of drug-likeness (QED) is 0.597. The number of aromatic nitrogens is 2. The highest BCUT2D eigenvalue weighted by atomic mass is 35.5. The summed E-state index contributed by atoms with van der Waals surface area (Å²) in [7, 11) is 0. The van der Waals surface area contributed by atoms with Gasteiger partial charge in [-0.3, -0.25) is 10.1 Å². The summed E-state index contributed by atoms with van der Waals surface area (Å²) in [6.45, 7) is -0.116. The molecule has 1 heterocycles. The summed E-state index contributed by atoms with van der Waals surface area (Å²) in [6, 6.07) is 10.4. The molecule has 6 nitrogen and oxygen atoms in total. The van der Waals surface area contributed by atoms with E-state index in [0.29, 0.717) is 31.7 Å². The first-order valence-corrected chi connectivity index (χ1v) is 9.16. The number of carbonyl (C=O) groups excluding carboxylic acids is 1. The summed E-state index contributed by atoms with van der Waals surface area (Å²) < 4.78 is 23.6. The maximum absolute atomic E-state index is 12.8. The van der Waals surface area contributed by atoms with Gasteiger partial charge in [0.05, 0.1) is 5.02 Å². The lowest BCUT2D eigenvalue weighted by Crippen LogP contribution is -2.20. The number of anilines is 1. The number of nitrogens with zero attached hydrogens (tertiary/aromatic N) is 2. The van der Waals surface area contributed by atoms with Crippen LogP contribution >= 0.6 is 34.5 Å². The third kappa shape index (κ3) is 5.53. The Morgan fingerprint density at radius 3 is 2.67 bits per heavy atom. The number of hydrogen-bond donors (Lipinski definition) is 1. The first kappa shape index (κ1) is 19.3. The van der Waals surface area contributed by atoms with Gasteiger partial charge in [-0.05, 0) is 36.4 Å². The van der Waals surface area contributed by atoms with Gasteiger partial charge in [-0.1, -0.05) is 40.6 Å². The molecule has 1 aromatic heterocycles. The van der Waals surface area contributed by atoms with Crippen molar-refractivity contribution < 1.29 is 18.7 Å². The lowest BCUT2D eigenvalue weighted by molar-refractivity contribution is -0.118. The molecule has 0 spiro atoms. The zero-order chi connectivity index (χ0) is 19.2. The van der Waals surface area contributed by atoms with E-state index in [9.17, 15) is 9.18 Å². The van der Waals surface area contributed by atoms with Crippen molar-refractivity contribution in [1.82, 2.24) is 10.2 Å². The van der Waals surface area contributed by atoms with Crippen molar-refractivity contribution in [2.75, 3.05) is 11.9 Å². The molecule has 0 bridgehead atoms. The predicted octanol–water partition coefficient (Wildman–Crippen LogP) is 4.58. The molecule has 0 radical (unpaired) electrons. The van der Waals surface area contributed by atoms with E-state index < -0.39 is 5.91 Å². The molecule has 27 heavy (non-hydrogen) atoms. The Kier molecular flexibility index (Phi) is 6.44. The van der Waals surface area contributed by atoms with Gasteiger partial charge in [0.2, 0.25) is 5.13 Å².